The Kier molecular flexibility index (Phi) is 7.76. The molecule has 9 nitrogen and oxygen atoms in total. The molecular formula is C32H23F3N4O5S. The zero-order valence-electron chi connectivity index (χ0n) is 23.4. The number of sulfone groups is 1. The Morgan fingerprint density at radius 1 is 1.00 bits per heavy atom. The standard InChI is InChI=1S/C32H23F3N4O5S/c33-24-10-18(15-36)4-5-20(24)16-44-31-3-1-2-27(38-31)23-14-25(34)21(11-26(23)35)13-30-37-28-7-6-19(32(40)41)12-29(28)39(30)22-8-9-45(42,43)17-22/h1-7,10-12,14,22H,8-9,13,16-17H2,(H,40,41)/t22-/m1/s1. The van der Waals surface area contributed by atoms with E-state index < -0.39 is 39.3 Å². The summed E-state index contributed by atoms with van der Waals surface area (Å²) in [6.07, 6.45) is 0.0825. The monoisotopic (exact) mass is 632 g/mol. The minimum Gasteiger partial charge on any atom is -0.478 e. The van der Waals surface area contributed by atoms with E-state index in [1.54, 1.807) is 4.57 Å². The number of imidazole rings is 1. The highest BCUT2D eigenvalue weighted by atomic mass is 32.2. The normalized spacial score (nSPS) is 15.6. The molecule has 1 N–H and O–H groups in total. The van der Waals surface area contributed by atoms with Crippen LogP contribution in [0.1, 0.15) is 45.3 Å². The minimum absolute atomic E-state index is 0.0154. The SMILES string of the molecule is N#Cc1ccc(COc2cccc(-c3cc(F)c(Cc4nc5ccc(C(=O)O)cc5n4[C@@H]4CCS(=O)(=O)C4)cc3F)n2)c(F)c1. The Morgan fingerprint density at radius 3 is 2.51 bits per heavy atom. The van der Waals surface area contributed by atoms with Crippen LogP contribution in [0.15, 0.2) is 66.7 Å². The molecule has 5 aromatic rings. The Balaban J connectivity index is 1.29. The van der Waals surface area contributed by atoms with Gasteiger partial charge in [0.05, 0.1) is 51.5 Å². The fourth-order valence-corrected chi connectivity index (χ4v) is 7.11. The number of ether oxygens (including phenoxy) is 1. The van der Waals surface area contributed by atoms with Crippen molar-refractivity contribution < 1.29 is 36.2 Å². The van der Waals surface area contributed by atoms with Crippen molar-refractivity contribution in [1.29, 1.82) is 5.26 Å². The largest absolute Gasteiger partial charge is 0.478 e. The van der Waals surface area contributed by atoms with E-state index in [0.29, 0.717) is 11.0 Å². The highest BCUT2D eigenvalue weighted by molar-refractivity contribution is 7.91. The van der Waals surface area contributed by atoms with E-state index in [0.717, 1.165) is 18.2 Å². The molecule has 6 rings (SSSR count). The predicted octanol–water partition coefficient (Wildman–Crippen LogP) is 5.61. The van der Waals surface area contributed by atoms with Crippen molar-refractivity contribution in [2.45, 2.75) is 25.5 Å². The van der Waals surface area contributed by atoms with Crippen molar-refractivity contribution in [1.82, 2.24) is 14.5 Å². The Hall–Kier alpha value is -5.22. The summed E-state index contributed by atoms with van der Waals surface area (Å²) in [6.45, 7) is -0.207. The molecule has 45 heavy (non-hydrogen) atoms. The van der Waals surface area contributed by atoms with Gasteiger partial charge < -0.3 is 14.4 Å². The molecule has 0 radical (unpaired) electrons. The van der Waals surface area contributed by atoms with Crippen LogP contribution in [0.2, 0.25) is 0 Å². The zero-order valence-corrected chi connectivity index (χ0v) is 24.2. The molecule has 13 heteroatoms. The van der Waals surface area contributed by atoms with Gasteiger partial charge in [-0.3, -0.25) is 0 Å². The molecule has 0 saturated carbocycles. The molecule has 1 atom stereocenters. The number of carboxylic acids is 1. The Morgan fingerprint density at radius 2 is 1.80 bits per heavy atom. The molecule has 1 aliphatic rings. The van der Waals surface area contributed by atoms with Gasteiger partial charge in [0.15, 0.2) is 9.84 Å². The van der Waals surface area contributed by atoms with Crippen molar-refractivity contribution >= 4 is 26.8 Å². The first-order valence-corrected chi connectivity index (χ1v) is 15.5. The second-order valence-corrected chi connectivity index (χ2v) is 12.9. The summed E-state index contributed by atoms with van der Waals surface area (Å²) in [6, 6.07) is 16.0. The van der Waals surface area contributed by atoms with Gasteiger partial charge in [0.1, 0.15) is 29.9 Å². The molecule has 3 heterocycles. The number of pyridine rings is 1. The number of carboxylic acid groups (broad SMARTS) is 1. The lowest BCUT2D eigenvalue weighted by atomic mass is 10.0. The Bertz CT molecular complexity index is 2140. The molecule has 0 unspecified atom stereocenters. The Labute approximate surface area is 255 Å². The van der Waals surface area contributed by atoms with Gasteiger partial charge in [-0.15, -0.1) is 0 Å². The van der Waals surface area contributed by atoms with Crippen molar-refractivity contribution in [3.63, 3.8) is 0 Å². The molecule has 1 saturated heterocycles. The van der Waals surface area contributed by atoms with E-state index in [1.165, 1.54) is 48.5 Å². The first-order valence-electron chi connectivity index (χ1n) is 13.7. The number of fused-ring (bicyclic) bond motifs is 1. The van der Waals surface area contributed by atoms with Gasteiger partial charge >= 0.3 is 5.97 Å². The molecule has 0 aliphatic carbocycles. The number of halogens is 3. The van der Waals surface area contributed by atoms with E-state index in [-0.39, 0.29) is 76.2 Å². The highest BCUT2D eigenvalue weighted by Crippen LogP contribution is 2.33. The zero-order chi connectivity index (χ0) is 31.9. The molecule has 0 amide bonds. The van der Waals surface area contributed by atoms with Gasteiger partial charge in [-0.1, -0.05) is 12.1 Å². The van der Waals surface area contributed by atoms with E-state index in [4.69, 9.17) is 10.00 Å². The van der Waals surface area contributed by atoms with Crippen molar-refractivity contribution in [2.24, 2.45) is 0 Å². The van der Waals surface area contributed by atoms with Gasteiger partial charge in [0, 0.05) is 23.6 Å². The van der Waals surface area contributed by atoms with Crippen molar-refractivity contribution in [3.8, 4) is 23.2 Å². The van der Waals surface area contributed by atoms with Crippen molar-refractivity contribution in [2.75, 3.05) is 11.5 Å². The van der Waals surface area contributed by atoms with Gasteiger partial charge in [0.2, 0.25) is 5.88 Å². The van der Waals surface area contributed by atoms with Crippen LogP contribution in [0.3, 0.4) is 0 Å². The number of hydrogen-bond acceptors (Lipinski definition) is 7. The second-order valence-electron chi connectivity index (χ2n) is 10.6. The van der Waals surface area contributed by atoms with E-state index >= 15 is 8.78 Å². The predicted molar refractivity (Wildman–Crippen MR) is 157 cm³/mol. The maximum absolute atomic E-state index is 15.5. The molecule has 1 aliphatic heterocycles. The fourth-order valence-electron chi connectivity index (χ4n) is 5.41. The first kappa shape index (κ1) is 29.8. The van der Waals surface area contributed by atoms with Crippen LogP contribution in [0, 0.1) is 28.8 Å². The van der Waals surface area contributed by atoms with Crippen molar-refractivity contribution in [3.05, 3.63) is 112 Å². The number of nitriles is 1. The highest BCUT2D eigenvalue weighted by Gasteiger charge is 2.32. The lowest BCUT2D eigenvalue weighted by molar-refractivity contribution is 0.0697. The fraction of sp³-hybridized carbons (Fsp3) is 0.188. The molecular weight excluding hydrogens is 609 g/mol. The molecule has 1 fully saturated rings. The molecule has 0 spiro atoms. The topological polar surface area (TPSA) is 135 Å². The quantitative estimate of drug-likeness (QED) is 0.233. The molecule has 3 aromatic carbocycles. The number of aromatic nitrogens is 3. The van der Waals surface area contributed by atoms with Crippen LogP contribution in [0.4, 0.5) is 13.2 Å². The first-order chi connectivity index (χ1) is 21.5. The number of hydrogen-bond donors (Lipinski definition) is 1. The van der Waals surface area contributed by atoms with Gasteiger partial charge in [0.25, 0.3) is 0 Å². The third-order valence-electron chi connectivity index (χ3n) is 7.62. The van der Waals surface area contributed by atoms with Gasteiger partial charge in [-0.2, -0.15) is 5.26 Å². The summed E-state index contributed by atoms with van der Waals surface area (Å²) in [5, 5.41) is 18.4. The summed E-state index contributed by atoms with van der Waals surface area (Å²) in [7, 11) is -3.33. The van der Waals surface area contributed by atoms with Gasteiger partial charge in [-0.25, -0.2) is 36.4 Å². The number of benzene rings is 3. The van der Waals surface area contributed by atoms with E-state index in [9.17, 15) is 22.7 Å². The minimum atomic E-state index is -3.33. The maximum Gasteiger partial charge on any atom is 0.335 e. The lowest BCUT2D eigenvalue weighted by Crippen LogP contribution is -2.15. The van der Waals surface area contributed by atoms with Crippen LogP contribution in [0.5, 0.6) is 5.88 Å². The summed E-state index contributed by atoms with van der Waals surface area (Å²) < 4.78 is 77.0. The van der Waals surface area contributed by atoms with Crippen LogP contribution >= 0.6 is 0 Å². The van der Waals surface area contributed by atoms with Crippen LogP contribution in [-0.2, 0) is 22.9 Å². The lowest BCUT2D eigenvalue weighted by Gasteiger charge is -2.16. The van der Waals surface area contributed by atoms with E-state index in [1.807, 2.05) is 6.07 Å². The summed E-state index contributed by atoms with van der Waals surface area (Å²) in [5.41, 5.74) is 1.00. The maximum atomic E-state index is 15.5. The van der Waals surface area contributed by atoms with Crippen LogP contribution in [0.25, 0.3) is 22.3 Å². The third kappa shape index (κ3) is 6.09. The summed E-state index contributed by atoms with van der Waals surface area (Å²) >= 11 is 0. The average Bonchev–Trinajstić information content (AvgIpc) is 3.55. The second kappa shape index (κ2) is 11.7. The third-order valence-corrected chi connectivity index (χ3v) is 9.38. The smallest absolute Gasteiger partial charge is 0.335 e. The average molecular weight is 633 g/mol. The number of aromatic carboxylic acids is 1. The number of nitrogens with zero attached hydrogens (tertiary/aromatic N) is 4. The van der Waals surface area contributed by atoms with Crippen LogP contribution in [-0.4, -0.2) is 45.5 Å². The van der Waals surface area contributed by atoms with E-state index in [2.05, 4.69) is 9.97 Å². The summed E-state index contributed by atoms with van der Waals surface area (Å²) in [5.74, 6) is -3.26. The summed E-state index contributed by atoms with van der Waals surface area (Å²) in [4.78, 5) is 20.4. The number of carbonyl (C=O) groups is 1. The van der Waals surface area contributed by atoms with Gasteiger partial charge in [-0.05, 0) is 60.5 Å². The number of rotatable bonds is 8. The molecule has 2 aromatic heterocycles. The van der Waals surface area contributed by atoms with Crippen LogP contribution < -0.4 is 4.74 Å². The molecule has 0 bridgehead atoms. The molecule has 228 valence electrons.